The van der Waals surface area contributed by atoms with Gasteiger partial charge in [0.25, 0.3) is 5.91 Å². The van der Waals surface area contributed by atoms with Crippen LogP contribution < -0.4 is 5.32 Å². The summed E-state index contributed by atoms with van der Waals surface area (Å²) in [7, 11) is 0. The van der Waals surface area contributed by atoms with Crippen LogP contribution in [0.2, 0.25) is 0 Å². The van der Waals surface area contributed by atoms with E-state index < -0.39 is 35.5 Å². The monoisotopic (exact) mass is 423 g/mol. The van der Waals surface area contributed by atoms with E-state index in [2.05, 4.69) is 20.4 Å². The highest BCUT2D eigenvalue weighted by atomic mass is 19.4. The molecule has 0 aliphatic carbocycles. The van der Waals surface area contributed by atoms with Crippen LogP contribution in [0.3, 0.4) is 0 Å². The molecule has 0 unspecified atom stereocenters. The molecule has 1 aromatic carbocycles. The molecule has 3 aromatic rings. The number of amides is 1. The van der Waals surface area contributed by atoms with Crippen molar-refractivity contribution in [2.75, 3.05) is 0 Å². The fraction of sp³-hybridized carbons (Fsp3) is 0.263. The highest BCUT2D eigenvalue weighted by molar-refractivity contribution is 5.94. The van der Waals surface area contributed by atoms with Crippen molar-refractivity contribution in [2.45, 2.75) is 31.6 Å². The van der Waals surface area contributed by atoms with Crippen LogP contribution in [-0.4, -0.2) is 25.7 Å². The number of rotatable bonds is 3. The van der Waals surface area contributed by atoms with E-state index in [-0.39, 0.29) is 17.0 Å². The molecule has 1 aliphatic rings. The van der Waals surface area contributed by atoms with Crippen LogP contribution in [0.5, 0.6) is 0 Å². The molecular formula is C19H14F5N5O. The Kier molecular flexibility index (Phi) is 4.96. The summed E-state index contributed by atoms with van der Waals surface area (Å²) >= 11 is 0. The van der Waals surface area contributed by atoms with Crippen molar-refractivity contribution < 1.29 is 26.7 Å². The number of carbonyl (C=O) groups is 1. The third-order valence-corrected chi connectivity index (χ3v) is 4.61. The van der Waals surface area contributed by atoms with Gasteiger partial charge in [-0.25, -0.2) is 18.4 Å². The molecule has 0 bridgehead atoms. The van der Waals surface area contributed by atoms with Crippen molar-refractivity contribution >= 4 is 5.91 Å². The molecule has 4 rings (SSSR count). The summed E-state index contributed by atoms with van der Waals surface area (Å²) < 4.78 is 67.0. The number of halogens is 5. The third kappa shape index (κ3) is 4.00. The Morgan fingerprint density at radius 3 is 2.57 bits per heavy atom. The molecule has 1 aliphatic heterocycles. The maximum atomic E-state index is 13.4. The maximum absolute atomic E-state index is 13.4. The molecule has 0 spiro atoms. The standard InChI is InChI=1S/C19H14F5N5O/c20-12-6-11(7-13(21)9-12)18(30)26-14-2-1-5-29-17(14)27-16(28-29)10-3-4-25-15(8-10)19(22,23)24/h3-4,6-9,14H,1-2,5H2,(H,26,30)/t14-/m0/s1. The number of hydrogen-bond acceptors (Lipinski definition) is 4. The van der Waals surface area contributed by atoms with Gasteiger partial charge in [0, 0.05) is 29.9 Å². The number of aryl methyl sites for hydroxylation is 1. The SMILES string of the molecule is O=C(N[C@H]1CCCn2nc(-c3ccnc(C(F)(F)F)c3)nc21)c1cc(F)cc(F)c1. The molecule has 2 aromatic heterocycles. The summed E-state index contributed by atoms with van der Waals surface area (Å²) in [5.74, 6) is -2.04. The molecule has 0 saturated carbocycles. The lowest BCUT2D eigenvalue weighted by Crippen LogP contribution is -2.33. The quantitative estimate of drug-likeness (QED) is 0.649. The number of fused-ring (bicyclic) bond motifs is 1. The Labute approximate surface area is 166 Å². The Balaban J connectivity index is 1.61. The molecule has 0 fully saturated rings. The van der Waals surface area contributed by atoms with E-state index in [1.165, 1.54) is 10.7 Å². The van der Waals surface area contributed by atoms with Gasteiger partial charge in [-0.3, -0.25) is 9.78 Å². The summed E-state index contributed by atoms with van der Waals surface area (Å²) in [6.07, 6.45) is -2.46. The van der Waals surface area contributed by atoms with Crippen LogP contribution in [0, 0.1) is 11.6 Å². The topological polar surface area (TPSA) is 72.7 Å². The minimum atomic E-state index is -4.61. The number of pyridine rings is 1. The summed E-state index contributed by atoms with van der Waals surface area (Å²) in [5, 5.41) is 6.90. The van der Waals surface area contributed by atoms with Crippen molar-refractivity contribution in [1.29, 1.82) is 0 Å². The molecule has 1 atom stereocenters. The van der Waals surface area contributed by atoms with Gasteiger partial charge in [0.2, 0.25) is 0 Å². The minimum absolute atomic E-state index is 0.0656. The van der Waals surface area contributed by atoms with Crippen LogP contribution in [0.4, 0.5) is 22.0 Å². The number of hydrogen-bond donors (Lipinski definition) is 1. The molecule has 156 valence electrons. The predicted molar refractivity (Wildman–Crippen MR) is 94.1 cm³/mol. The Hall–Kier alpha value is -3.37. The van der Waals surface area contributed by atoms with Gasteiger partial charge in [-0.1, -0.05) is 0 Å². The van der Waals surface area contributed by atoms with Gasteiger partial charge in [0.1, 0.15) is 23.2 Å². The first kappa shape index (κ1) is 19.9. The first-order chi connectivity index (χ1) is 14.2. The zero-order valence-corrected chi connectivity index (χ0v) is 15.2. The highest BCUT2D eigenvalue weighted by Crippen LogP contribution is 2.31. The molecule has 11 heteroatoms. The smallest absolute Gasteiger partial charge is 0.342 e. The first-order valence-electron chi connectivity index (χ1n) is 8.96. The van der Waals surface area contributed by atoms with Crippen molar-refractivity contribution in [3.8, 4) is 11.4 Å². The maximum Gasteiger partial charge on any atom is 0.433 e. The Morgan fingerprint density at radius 2 is 1.87 bits per heavy atom. The van der Waals surface area contributed by atoms with Gasteiger partial charge in [0.05, 0.1) is 6.04 Å². The fourth-order valence-electron chi connectivity index (χ4n) is 3.26. The molecule has 6 nitrogen and oxygen atoms in total. The number of nitrogens with one attached hydrogen (secondary N) is 1. The number of aromatic nitrogens is 4. The molecule has 1 amide bonds. The second-order valence-electron chi connectivity index (χ2n) is 6.77. The molecular weight excluding hydrogens is 409 g/mol. The summed E-state index contributed by atoms with van der Waals surface area (Å²) in [4.78, 5) is 20.0. The number of benzene rings is 1. The predicted octanol–water partition coefficient (Wildman–Crippen LogP) is 3.90. The van der Waals surface area contributed by atoms with Gasteiger partial charge in [0.15, 0.2) is 5.82 Å². The van der Waals surface area contributed by atoms with Gasteiger partial charge in [-0.15, -0.1) is 0 Å². The minimum Gasteiger partial charge on any atom is -0.342 e. The molecule has 30 heavy (non-hydrogen) atoms. The largest absolute Gasteiger partial charge is 0.433 e. The number of carbonyl (C=O) groups excluding carboxylic acids is 1. The van der Waals surface area contributed by atoms with Gasteiger partial charge in [-0.05, 0) is 37.1 Å². The van der Waals surface area contributed by atoms with E-state index in [1.807, 2.05) is 0 Å². The number of alkyl halides is 3. The van der Waals surface area contributed by atoms with Crippen molar-refractivity contribution in [3.05, 3.63) is 65.2 Å². The van der Waals surface area contributed by atoms with Gasteiger partial charge >= 0.3 is 6.18 Å². The van der Waals surface area contributed by atoms with E-state index in [0.29, 0.717) is 31.3 Å². The van der Waals surface area contributed by atoms with Crippen LogP contribution in [0.15, 0.2) is 36.5 Å². The first-order valence-corrected chi connectivity index (χ1v) is 8.96. The lowest BCUT2D eigenvalue weighted by atomic mass is 10.1. The summed E-state index contributed by atoms with van der Waals surface area (Å²) in [5.41, 5.74) is -1.12. The van der Waals surface area contributed by atoms with Crippen LogP contribution in [0.1, 0.15) is 40.8 Å². The van der Waals surface area contributed by atoms with Gasteiger partial charge < -0.3 is 5.32 Å². The molecule has 0 radical (unpaired) electrons. The normalized spacial score (nSPS) is 16.2. The molecule has 0 saturated heterocycles. The second kappa shape index (κ2) is 7.47. The lowest BCUT2D eigenvalue weighted by Gasteiger charge is -2.23. The highest BCUT2D eigenvalue weighted by Gasteiger charge is 2.33. The van der Waals surface area contributed by atoms with Gasteiger partial charge in [-0.2, -0.15) is 18.3 Å². The summed E-state index contributed by atoms with van der Waals surface area (Å²) in [6, 6.07) is 4.08. The molecule has 1 N–H and O–H groups in total. The van der Waals surface area contributed by atoms with E-state index >= 15 is 0 Å². The van der Waals surface area contributed by atoms with Crippen molar-refractivity contribution in [3.63, 3.8) is 0 Å². The fourth-order valence-corrected chi connectivity index (χ4v) is 3.26. The van der Waals surface area contributed by atoms with Crippen LogP contribution in [-0.2, 0) is 12.7 Å². The van der Waals surface area contributed by atoms with Crippen molar-refractivity contribution in [2.24, 2.45) is 0 Å². The Bertz CT molecular complexity index is 1090. The van der Waals surface area contributed by atoms with E-state index in [1.54, 1.807) is 0 Å². The molecule has 3 heterocycles. The average Bonchev–Trinajstić information content (AvgIpc) is 3.12. The summed E-state index contributed by atoms with van der Waals surface area (Å²) in [6.45, 7) is 0.473. The van der Waals surface area contributed by atoms with Crippen LogP contribution >= 0.6 is 0 Å². The average molecular weight is 423 g/mol. The zero-order chi connectivity index (χ0) is 21.5. The van der Waals surface area contributed by atoms with E-state index in [9.17, 15) is 26.7 Å². The van der Waals surface area contributed by atoms with E-state index in [4.69, 9.17) is 0 Å². The van der Waals surface area contributed by atoms with Crippen LogP contribution in [0.25, 0.3) is 11.4 Å². The second-order valence-corrected chi connectivity index (χ2v) is 6.77. The number of nitrogens with zero attached hydrogens (tertiary/aromatic N) is 4. The zero-order valence-electron chi connectivity index (χ0n) is 15.2. The Morgan fingerprint density at radius 1 is 1.13 bits per heavy atom. The lowest BCUT2D eigenvalue weighted by molar-refractivity contribution is -0.141. The third-order valence-electron chi connectivity index (χ3n) is 4.61. The van der Waals surface area contributed by atoms with E-state index in [0.717, 1.165) is 24.4 Å². The van der Waals surface area contributed by atoms with Crippen molar-refractivity contribution in [1.82, 2.24) is 25.1 Å².